The van der Waals surface area contributed by atoms with E-state index >= 15 is 0 Å². The van der Waals surface area contributed by atoms with Gasteiger partial charge in [-0.15, -0.1) is 0 Å². The molecule has 0 spiro atoms. The van der Waals surface area contributed by atoms with Crippen LogP contribution in [0.5, 0.6) is 0 Å². The topological polar surface area (TPSA) is 107 Å². The van der Waals surface area contributed by atoms with Crippen LogP contribution in [0.2, 0.25) is 5.02 Å². The van der Waals surface area contributed by atoms with Gasteiger partial charge in [0.25, 0.3) is 11.2 Å². The molecule has 0 bridgehead atoms. The minimum absolute atomic E-state index is 0.231. The highest BCUT2D eigenvalue weighted by atomic mass is 35.5. The van der Waals surface area contributed by atoms with Gasteiger partial charge in [-0.05, 0) is 24.3 Å². The van der Waals surface area contributed by atoms with Crippen molar-refractivity contribution in [3.63, 3.8) is 0 Å². The van der Waals surface area contributed by atoms with Crippen LogP contribution in [-0.2, 0) is 11.3 Å². The molecule has 8 nitrogen and oxygen atoms in total. The Kier molecular flexibility index (Phi) is 4.63. The Labute approximate surface area is 150 Å². The lowest BCUT2D eigenvalue weighted by Gasteiger charge is -2.09. The van der Waals surface area contributed by atoms with E-state index in [0.29, 0.717) is 10.5 Å². The molecule has 3 aromatic rings. The third-order valence-corrected chi connectivity index (χ3v) is 3.77. The molecule has 0 atom stereocenters. The van der Waals surface area contributed by atoms with Gasteiger partial charge in [0.15, 0.2) is 0 Å². The molecule has 1 heterocycles. The van der Waals surface area contributed by atoms with E-state index < -0.39 is 28.8 Å². The number of carbonyl (C=O) groups is 1. The minimum Gasteiger partial charge on any atom is -0.322 e. The van der Waals surface area contributed by atoms with E-state index in [1.807, 2.05) is 0 Å². The van der Waals surface area contributed by atoms with E-state index in [0.717, 1.165) is 22.8 Å². The maximum absolute atomic E-state index is 13.7. The Morgan fingerprint density at radius 2 is 2.08 bits per heavy atom. The molecule has 1 aromatic heterocycles. The van der Waals surface area contributed by atoms with Crippen molar-refractivity contribution in [1.82, 2.24) is 9.55 Å². The highest BCUT2D eigenvalue weighted by Gasteiger charge is 2.14. The van der Waals surface area contributed by atoms with Crippen molar-refractivity contribution in [3.8, 4) is 0 Å². The van der Waals surface area contributed by atoms with E-state index in [1.165, 1.54) is 12.4 Å². The second-order valence-electron chi connectivity index (χ2n) is 5.31. The fourth-order valence-corrected chi connectivity index (χ4v) is 2.48. The first kappa shape index (κ1) is 17.5. The van der Waals surface area contributed by atoms with Gasteiger partial charge in [-0.25, -0.2) is 9.37 Å². The number of benzene rings is 2. The number of amides is 1. The fourth-order valence-electron chi connectivity index (χ4n) is 2.31. The average Bonchev–Trinajstić information content (AvgIpc) is 2.59. The number of nitro groups is 1. The summed E-state index contributed by atoms with van der Waals surface area (Å²) in [5.74, 6) is -1.57. The van der Waals surface area contributed by atoms with Gasteiger partial charge in [0.1, 0.15) is 12.4 Å². The van der Waals surface area contributed by atoms with E-state index in [4.69, 9.17) is 11.6 Å². The molecule has 0 saturated carbocycles. The van der Waals surface area contributed by atoms with Gasteiger partial charge in [-0.2, -0.15) is 0 Å². The first-order valence-electron chi connectivity index (χ1n) is 7.23. The molecule has 0 aliphatic carbocycles. The Morgan fingerprint density at radius 3 is 2.81 bits per heavy atom. The summed E-state index contributed by atoms with van der Waals surface area (Å²) in [5.41, 5.74) is -0.803. The van der Waals surface area contributed by atoms with Gasteiger partial charge in [0.2, 0.25) is 5.91 Å². The lowest BCUT2D eigenvalue weighted by Crippen LogP contribution is -2.28. The van der Waals surface area contributed by atoms with Gasteiger partial charge < -0.3 is 5.32 Å². The third kappa shape index (κ3) is 3.52. The van der Waals surface area contributed by atoms with Gasteiger partial charge in [-0.1, -0.05) is 11.6 Å². The Morgan fingerprint density at radius 1 is 1.31 bits per heavy atom. The number of nitrogens with one attached hydrogen (secondary N) is 1. The molecular formula is C16H10ClFN4O4. The van der Waals surface area contributed by atoms with Gasteiger partial charge in [-0.3, -0.25) is 24.3 Å². The first-order chi connectivity index (χ1) is 12.3. The van der Waals surface area contributed by atoms with Crippen molar-refractivity contribution in [1.29, 1.82) is 0 Å². The van der Waals surface area contributed by atoms with Crippen LogP contribution in [0.15, 0.2) is 47.5 Å². The molecule has 26 heavy (non-hydrogen) atoms. The summed E-state index contributed by atoms with van der Waals surface area (Å²) >= 11 is 5.86. The van der Waals surface area contributed by atoms with Crippen LogP contribution in [-0.4, -0.2) is 20.4 Å². The summed E-state index contributed by atoms with van der Waals surface area (Å²) < 4.78 is 14.8. The van der Waals surface area contributed by atoms with Crippen molar-refractivity contribution in [2.75, 3.05) is 5.32 Å². The van der Waals surface area contributed by atoms with Crippen molar-refractivity contribution in [2.24, 2.45) is 0 Å². The van der Waals surface area contributed by atoms with Crippen LogP contribution in [0.4, 0.5) is 15.8 Å². The zero-order chi connectivity index (χ0) is 18.8. The molecule has 1 N–H and O–H groups in total. The predicted octanol–water partition coefficient (Wildman–Crippen LogP) is 2.74. The Hall–Kier alpha value is -3.33. The van der Waals surface area contributed by atoms with Crippen LogP contribution in [0.1, 0.15) is 0 Å². The average molecular weight is 377 g/mol. The summed E-state index contributed by atoms with van der Waals surface area (Å²) in [7, 11) is 0. The molecule has 132 valence electrons. The molecular weight excluding hydrogens is 367 g/mol. The molecule has 2 aromatic carbocycles. The monoisotopic (exact) mass is 376 g/mol. The normalized spacial score (nSPS) is 10.7. The molecule has 10 heteroatoms. The smallest absolute Gasteiger partial charge is 0.271 e. The molecule has 0 radical (unpaired) electrons. The zero-order valence-electron chi connectivity index (χ0n) is 13.0. The van der Waals surface area contributed by atoms with E-state index in [2.05, 4.69) is 10.3 Å². The van der Waals surface area contributed by atoms with Crippen molar-refractivity contribution < 1.29 is 14.1 Å². The van der Waals surface area contributed by atoms with Crippen LogP contribution < -0.4 is 10.9 Å². The number of hydrogen-bond acceptors (Lipinski definition) is 5. The molecule has 0 saturated heterocycles. The maximum Gasteiger partial charge on any atom is 0.271 e. The number of fused-ring (bicyclic) bond motifs is 1. The Balaban J connectivity index is 1.86. The van der Waals surface area contributed by atoms with E-state index in [-0.39, 0.29) is 16.8 Å². The van der Waals surface area contributed by atoms with Crippen molar-refractivity contribution in [3.05, 3.63) is 74.0 Å². The molecule has 0 aliphatic heterocycles. The molecule has 0 unspecified atom stereocenters. The molecule has 1 amide bonds. The summed E-state index contributed by atoms with van der Waals surface area (Å²) in [4.78, 5) is 38.6. The summed E-state index contributed by atoms with van der Waals surface area (Å²) in [5, 5.41) is 13.5. The largest absolute Gasteiger partial charge is 0.322 e. The SMILES string of the molecule is O=C(Cn1cnc2ccc(Cl)cc2c1=O)Nc1cc([N+](=O)[O-])ccc1F. The second kappa shape index (κ2) is 6.89. The van der Waals surface area contributed by atoms with Crippen LogP contribution in [0.25, 0.3) is 10.9 Å². The van der Waals surface area contributed by atoms with E-state index in [1.54, 1.807) is 12.1 Å². The number of halogens is 2. The number of aromatic nitrogens is 2. The molecule has 0 fully saturated rings. The molecule has 0 aliphatic rings. The second-order valence-corrected chi connectivity index (χ2v) is 5.74. The Bertz CT molecular complexity index is 1100. The zero-order valence-corrected chi connectivity index (χ0v) is 13.7. The fraction of sp³-hybridized carbons (Fsp3) is 0.0625. The number of nitrogens with zero attached hydrogens (tertiary/aromatic N) is 3. The number of carbonyl (C=O) groups excluding carboxylic acids is 1. The van der Waals surface area contributed by atoms with Crippen LogP contribution >= 0.6 is 11.6 Å². The molecule has 3 rings (SSSR count). The number of anilines is 1. The summed E-state index contributed by atoms with van der Waals surface area (Å²) in [6.07, 6.45) is 1.18. The number of hydrogen-bond donors (Lipinski definition) is 1. The van der Waals surface area contributed by atoms with Crippen LogP contribution in [0.3, 0.4) is 0 Å². The van der Waals surface area contributed by atoms with Crippen molar-refractivity contribution in [2.45, 2.75) is 6.54 Å². The lowest BCUT2D eigenvalue weighted by atomic mass is 10.2. The van der Waals surface area contributed by atoms with Gasteiger partial charge >= 0.3 is 0 Å². The highest BCUT2D eigenvalue weighted by molar-refractivity contribution is 6.31. The van der Waals surface area contributed by atoms with Gasteiger partial charge in [0, 0.05) is 17.2 Å². The lowest BCUT2D eigenvalue weighted by molar-refractivity contribution is -0.384. The summed E-state index contributed by atoms with van der Waals surface area (Å²) in [6.45, 7) is -0.448. The highest BCUT2D eigenvalue weighted by Crippen LogP contribution is 2.21. The quantitative estimate of drug-likeness (QED) is 0.556. The standard InChI is InChI=1S/C16H10ClFN4O4/c17-9-1-4-13-11(5-9)16(24)21(8-19-13)7-15(23)20-14-6-10(22(25)26)2-3-12(14)18/h1-6,8H,7H2,(H,20,23). The van der Waals surface area contributed by atoms with Crippen LogP contribution in [0, 0.1) is 15.9 Å². The first-order valence-corrected chi connectivity index (χ1v) is 7.61. The van der Waals surface area contributed by atoms with E-state index in [9.17, 15) is 24.1 Å². The number of non-ortho nitro benzene ring substituents is 1. The van der Waals surface area contributed by atoms with Crippen molar-refractivity contribution >= 4 is 39.8 Å². The minimum atomic E-state index is -0.834. The van der Waals surface area contributed by atoms with Gasteiger partial charge in [0.05, 0.1) is 27.8 Å². The third-order valence-electron chi connectivity index (χ3n) is 3.53. The number of nitro benzene ring substituents is 1. The predicted molar refractivity (Wildman–Crippen MR) is 92.7 cm³/mol. The maximum atomic E-state index is 13.7. The summed E-state index contributed by atoms with van der Waals surface area (Å²) in [6, 6.07) is 7.33. The number of rotatable bonds is 4.